The molecule has 0 saturated carbocycles. The number of amides is 1. The molecule has 30 heavy (non-hydrogen) atoms. The Balaban J connectivity index is 1.96. The van der Waals surface area contributed by atoms with Crippen LogP contribution in [0, 0.1) is 11.6 Å². The van der Waals surface area contributed by atoms with Crippen LogP contribution in [-0.2, 0) is 17.7 Å². The molecule has 0 spiro atoms. The Labute approximate surface area is 170 Å². The van der Waals surface area contributed by atoms with Crippen LogP contribution in [0.4, 0.5) is 26.7 Å². The number of carbonyl (C=O) groups excluding carboxylic acids is 1. The number of ether oxygens (including phenoxy) is 1. The number of nitrogens with zero attached hydrogens (tertiary/aromatic N) is 2. The van der Waals surface area contributed by atoms with Crippen LogP contribution in [0.1, 0.15) is 56.2 Å². The number of alkyl carbamates (subject to hydrolysis) is 1. The molecule has 1 aliphatic rings. The van der Waals surface area contributed by atoms with Gasteiger partial charge in [0.15, 0.2) is 11.6 Å². The average molecular weight is 431 g/mol. The van der Waals surface area contributed by atoms with Crippen LogP contribution < -0.4 is 5.32 Å². The predicted octanol–water partition coefficient (Wildman–Crippen LogP) is 5.02. The maximum absolute atomic E-state index is 14.4. The lowest BCUT2D eigenvalue weighted by Crippen LogP contribution is -2.39. The van der Waals surface area contributed by atoms with Gasteiger partial charge in [-0.3, -0.25) is 0 Å². The molecule has 2 aromatic rings. The fourth-order valence-corrected chi connectivity index (χ4v) is 3.58. The number of nitrogens with one attached hydrogen (secondary N) is 1. The Morgan fingerprint density at radius 3 is 2.60 bits per heavy atom. The van der Waals surface area contributed by atoms with Crippen molar-refractivity contribution in [3.8, 4) is 0 Å². The second-order valence-electron chi connectivity index (χ2n) is 8.28. The van der Waals surface area contributed by atoms with Gasteiger partial charge in [0.05, 0.1) is 12.5 Å². The molecule has 0 bridgehead atoms. The first kappa shape index (κ1) is 22.0. The highest BCUT2D eigenvalue weighted by Crippen LogP contribution is 2.38. The van der Waals surface area contributed by atoms with E-state index in [-0.39, 0.29) is 30.0 Å². The van der Waals surface area contributed by atoms with Gasteiger partial charge < -0.3 is 14.6 Å². The first-order valence-electron chi connectivity index (χ1n) is 9.38. The van der Waals surface area contributed by atoms with E-state index in [2.05, 4.69) is 10.3 Å². The molecular weight excluding hydrogens is 409 g/mol. The predicted molar refractivity (Wildman–Crippen MR) is 97.8 cm³/mol. The summed E-state index contributed by atoms with van der Waals surface area (Å²) >= 11 is 0. The van der Waals surface area contributed by atoms with Crippen molar-refractivity contribution in [3.63, 3.8) is 0 Å². The van der Waals surface area contributed by atoms with E-state index in [0.717, 1.165) is 12.3 Å². The zero-order valence-corrected chi connectivity index (χ0v) is 16.7. The van der Waals surface area contributed by atoms with Gasteiger partial charge in [0.1, 0.15) is 11.4 Å². The Morgan fingerprint density at radius 2 is 1.97 bits per heavy atom. The molecule has 1 N–H and O–H groups in total. The molecule has 0 saturated heterocycles. The number of imidazole rings is 1. The second-order valence-corrected chi connectivity index (χ2v) is 8.28. The lowest BCUT2D eigenvalue weighted by molar-refractivity contribution is -0.128. The maximum Gasteiger partial charge on any atom is 0.408 e. The van der Waals surface area contributed by atoms with E-state index in [9.17, 15) is 26.7 Å². The van der Waals surface area contributed by atoms with E-state index >= 15 is 0 Å². The zero-order valence-electron chi connectivity index (χ0n) is 16.7. The summed E-state index contributed by atoms with van der Waals surface area (Å²) in [6.45, 7) is 4.98. The van der Waals surface area contributed by atoms with Gasteiger partial charge in [0.25, 0.3) is 0 Å². The number of hydrogen-bond acceptors (Lipinski definition) is 3. The summed E-state index contributed by atoms with van der Waals surface area (Å²) in [6, 6.07) is 2.86. The topological polar surface area (TPSA) is 56.1 Å². The van der Waals surface area contributed by atoms with Crippen molar-refractivity contribution in [2.45, 2.75) is 63.9 Å². The molecule has 5 nitrogen and oxygen atoms in total. The van der Waals surface area contributed by atoms with Crippen molar-refractivity contribution in [2.24, 2.45) is 0 Å². The molecule has 10 heteroatoms. The van der Waals surface area contributed by atoms with Gasteiger partial charge in [-0.1, -0.05) is 12.1 Å². The smallest absolute Gasteiger partial charge is 0.408 e. The summed E-state index contributed by atoms with van der Waals surface area (Å²) in [4.78, 5) is 16.3. The Hall–Kier alpha value is -2.65. The van der Waals surface area contributed by atoms with Gasteiger partial charge in [0, 0.05) is 24.4 Å². The molecule has 1 aromatic carbocycles. The highest BCUT2D eigenvalue weighted by molar-refractivity contribution is 5.68. The van der Waals surface area contributed by atoms with E-state index in [1.54, 1.807) is 20.8 Å². The van der Waals surface area contributed by atoms with Gasteiger partial charge in [-0.2, -0.15) is 13.2 Å². The summed E-state index contributed by atoms with van der Waals surface area (Å²) in [5.41, 5.74) is -0.873. The number of fused-ring (bicyclic) bond motifs is 1. The number of aromatic nitrogens is 2. The first-order chi connectivity index (χ1) is 13.8. The minimum atomic E-state index is -4.47. The SMILES string of the molecule is CC(C)(C)OC(=O)N[C@H]1C[C@@H](c2cccc(F)c2F)Cn2c(CC(F)(F)F)cnc21. The van der Waals surface area contributed by atoms with E-state index in [0.29, 0.717) is 0 Å². The highest BCUT2D eigenvalue weighted by Gasteiger charge is 2.37. The maximum atomic E-state index is 14.4. The van der Waals surface area contributed by atoms with Crippen molar-refractivity contribution < 1.29 is 31.5 Å². The van der Waals surface area contributed by atoms with Crippen LogP contribution in [0.25, 0.3) is 0 Å². The molecule has 1 aromatic heterocycles. The monoisotopic (exact) mass is 431 g/mol. The number of alkyl halides is 3. The Morgan fingerprint density at radius 1 is 1.27 bits per heavy atom. The molecule has 1 aliphatic heterocycles. The second kappa shape index (κ2) is 7.88. The third-order valence-electron chi connectivity index (χ3n) is 4.70. The molecule has 164 valence electrons. The molecule has 2 heterocycles. The standard InChI is InChI=1S/C20H22F5N3O2/c1-19(2,3)30-18(29)27-15-7-11(13-5-4-6-14(21)16(13)22)10-28-12(8-20(23,24)25)9-26-17(15)28/h4-6,9,11,15H,7-8,10H2,1-3H3,(H,27,29)/t11-,15+/m1/s1. The normalized spacial score (nSPS) is 19.3. The van der Waals surface area contributed by atoms with E-state index in [1.807, 2.05) is 0 Å². The molecule has 1 amide bonds. The van der Waals surface area contributed by atoms with Gasteiger partial charge >= 0.3 is 12.3 Å². The van der Waals surface area contributed by atoms with Crippen molar-refractivity contribution in [1.82, 2.24) is 14.9 Å². The average Bonchev–Trinajstić information content (AvgIpc) is 2.97. The molecule has 2 atom stereocenters. The van der Waals surface area contributed by atoms with Crippen molar-refractivity contribution in [1.29, 1.82) is 0 Å². The van der Waals surface area contributed by atoms with Crippen LogP contribution in [0.15, 0.2) is 24.4 Å². The molecule has 0 radical (unpaired) electrons. The number of carbonyl (C=O) groups is 1. The minimum absolute atomic E-state index is 0.0202. The molecule has 0 unspecified atom stereocenters. The summed E-state index contributed by atoms with van der Waals surface area (Å²) < 4.78 is 73.6. The highest BCUT2D eigenvalue weighted by atomic mass is 19.4. The third kappa shape index (κ3) is 5.09. The van der Waals surface area contributed by atoms with Gasteiger partial charge in [0.2, 0.25) is 0 Å². The van der Waals surface area contributed by atoms with E-state index < -0.39 is 47.9 Å². The molecule has 0 aliphatic carbocycles. The molecule has 3 rings (SSSR count). The summed E-state index contributed by atoms with van der Waals surface area (Å²) in [5.74, 6) is -2.56. The third-order valence-corrected chi connectivity index (χ3v) is 4.70. The molecule has 0 fully saturated rings. The van der Waals surface area contributed by atoms with Crippen LogP contribution in [0.3, 0.4) is 0 Å². The van der Waals surface area contributed by atoms with Gasteiger partial charge in [-0.05, 0) is 38.8 Å². The number of benzene rings is 1. The quantitative estimate of drug-likeness (QED) is 0.695. The van der Waals surface area contributed by atoms with E-state index in [4.69, 9.17) is 4.74 Å². The minimum Gasteiger partial charge on any atom is -0.444 e. The largest absolute Gasteiger partial charge is 0.444 e. The summed E-state index contributed by atoms with van der Waals surface area (Å²) in [5, 5.41) is 2.60. The van der Waals surface area contributed by atoms with Gasteiger partial charge in [-0.25, -0.2) is 18.6 Å². The lowest BCUT2D eigenvalue weighted by atomic mass is 9.88. The first-order valence-corrected chi connectivity index (χ1v) is 9.38. The number of hydrogen-bond donors (Lipinski definition) is 1. The van der Waals surface area contributed by atoms with E-state index in [1.165, 1.54) is 16.7 Å². The van der Waals surface area contributed by atoms with Crippen molar-refractivity contribution in [3.05, 3.63) is 53.1 Å². The van der Waals surface area contributed by atoms with Gasteiger partial charge in [-0.15, -0.1) is 0 Å². The number of rotatable bonds is 3. The summed E-state index contributed by atoms with van der Waals surface area (Å²) in [6.07, 6.45) is -5.25. The van der Waals surface area contributed by atoms with Crippen LogP contribution >= 0.6 is 0 Å². The van der Waals surface area contributed by atoms with Crippen LogP contribution in [-0.4, -0.2) is 27.4 Å². The fraction of sp³-hybridized carbons (Fsp3) is 0.500. The van der Waals surface area contributed by atoms with Crippen LogP contribution in [0.2, 0.25) is 0 Å². The van der Waals surface area contributed by atoms with Crippen LogP contribution in [0.5, 0.6) is 0 Å². The fourth-order valence-electron chi connectivity index (χ4n) is 3.58. The van der Waals surface area contributed by atoms with Crippen molar-refractivity contribution in [2.75, 3.05) is 0 Å². The van der Waals surface area contributed by atoms with Crippen molar-refractivity contribution >= 4 is 6.09 Å². The zero-order chi connectivity index (χ0) is 22.3. The number of halogens is 5. The Bertz CT molecular complexity index is 933. The summed E-state index contributed by atoms with van der Waals surface area (Å²) in [7, 11) is 0. The lowest BCUT2D eigenvalue weighted by Gasteiger charge is -2.33. The Kier molecular flexibility index (Phi) is 5.79. The molecular formula is C20H22F5N3O2.